The second-order valence-corrected chi connectivity index (χ2v) is 8.93. The Kier molecular flexibility index (Phi) is 7.05. The second kappa shape index (κ2) is 9.63. The molecule has 0 spiro atoms. The van der Waals surface area contributed by atoms with Gasteiger partial charge < -0.3 is 14.7 Å². The normalized spacial score (nSPS) is 20.8. The quantitative estimate of drug-likeness (QED) is 0.600. The smallest absolute Gasteiger partial charge is 0.291 e. The molecule has 3 aliphatic rings. The lowest BCUT2D eigenvalue weighted by Crippen LogP contribution is -2.46. The first-order chi connectivity index (χ1) is 14.8. The van der Waals surface area contributed by atoms with Crippen molar-refractivity contribution in [1.82, 2.24) is 30.1 Å². The van der Waals surface area contributed by atoms with Gasteiger partial charge in [-0.25, -0.2) is 4.39 Å². The minimum absolute atomic E-state index is 0. The third-order valence-corrected chi connectivity index (χ3v) is 6.97. The van der Waals surface area contributed by atoms with Gasteiger partial charge in [0.15, 0.2) is 0 Å². The van der Waals surface area contributed by atoms with Crippen LogP contribution in [0.15, 0.2) is 22.7 Å². The van der Waals surface area contributed by atoms with Crippen molar-refractivity contribution in [2.45, 2.75) is 56.4 Å². The average molecular weight is 483 g/mol. The van der Waals surface area contributed by atoms with Gasteiger partial charge in [0, 0.05) is 23.3 Å². The summed E-state index contributed by atoms with van der Waals surface area (Å²) < 4.78 is 21.8. The summed E-state index contributed by atoms with van der Waals surface area (Å²) in [4.78, 5) is 7.27. The number of likely N-dealkylation sites (tertiary alicyclic amines) is 1. The number of fused-ring (bicyclic) bond motifs is 1. The van der Waals surface area contributed by atoms with Crippen LogP contribution in [0.25, 0.3) is 16.9 Å². The fourth-order valence-electron chi connectivity index (χ4n) is 5.11. The van der Waals surface area contributed by atoms with Gasteiger partial charge in [0.05, 0.1) is 5.69 Å². The van der Waals surface area contributed by atoms with Gasteiger partial charge in [-0.05, 0) is 75.9 Å². The molecule has 174 valence electrons. The number of benzene rings is 1. The van der Waals surface area contributed by atoms with E-state index in [1.54, 1.807) is 6.07 Å². The van der Waals surface area contributed by atoms with Gasteiger partial charge in [0.25, 0.3) is 5.95 Å². The largest absolute Gasteiger partial charge is 0.337 e. The molecule has 7 nitrogen and oxygen atoms in total. The maximum Gasteiger partial charge on any atom is 0.291 e. The highest BCUT2D eigenvalue weighted by Crippen LogP contribution is 2.43. The molecular formula is C22H29Cl2FN6O. The van der Waals surface area contributed by atoms with E-state index in [0.29, 0.717) is 29.3 Å². The highest BCUT2D eigenvalue weighted by Gasteiger charge is 2.32. The van der Waals surface area contributed by atoms with Crippen LogP contribution in [0.1, 0.15) is 61.9 Å². The topological polar surface area (TPSA) is 72.0 Å². The fraction of sp³-hybridized carbons (Fsp3) is 0.591. The molecule has 1 aromatic carbocycles. The number of para-hydroxylation sites is 1. The van der Waals surface area contributed by atoms with Crippen LogP contribution in [-0.4, -0.2) is 57.0 Å². The molecule has 0 bridgehead atoms. The summed E-state index contributed by atoms with van der Waals surface area (Å²) in [6.07, 6.45) is 6.72. The van der Waals surface area contributed by atoms with Crippen LogP contribution in [0, 0.1) is 5.82 Å². The van der Waals surface area contributed by atoms with Crippen molar-refractivity contribution in [3.05, 3.63) is 35.6 Å². The molecule has 4 heterocycles. The minimum Gasteiger partial charge on any atom is -0.337 e. The van der Waals surface area contributed by atoms with E-state index in [1.165, 1.54) is 23.6 Å². The van der Waals surface area contributed by atoms with E-state index in [2.05, 4.69) is 20.4 Å². The van der Waals surface area contributed by atoms with Crippen molar-refractivity contribution < 1.29 is 8.91 Å². The fourth-order valence-corrected chi connectivity index (χ4v) is 5.11. The Labute approximate surface area is 198 Å². The number of piperidine rings is 2. The summed E-state index contributed by atoms with van der Waals surface area (Å²) in [5.74, 6) is 1.38. The van der Waals surface area contributed by atoms with Crippen molar-refractivity contribution in [1.29, 1.82) is 0 Å². The van der Waals surface area contributed by atoms with Crippen molar-refractivity contribution >= 4 is 35.7 Å². The lowest BCUT2D eigenvalue weighted by atomic mass is 9.94. The van der Waals surface area contributed by atoms with E-state index in [9.17, 15) is 4.39 Å². The van der Waals surface area contributed by atoms with E-state index < -0.39 is 0 Å². The summed E-state index contributed by atoms with van der Waals surface area (Å²) in [6, 6.07) is 5.85. The van der Waals surface area contributed by atoms with E-state index >= 15 is 0 Å². The van der Waals surface area contributed by atoms with Crippen LogP contribution < -0.4 is 5.32 Å². The molecule has 1 N–H and O–H groups in total. The predicted octanol–water partition coefficient (Wildman–Crippen LogP) is 4.20. The van der Waals surface area contributed by atoms with E-state index in [0.717, 1.165) is 62.9 Å². The lowest BCUT2D eigenvalue weighted by molar-refractivity contribution is 0.120. The predicted molar refractivity (Wildman–Crippen MR) is 125 cm³/mol. The van der Waals surface area contributed by atoms with Crippen LogP contribution in [-0.2, 0) is 0 Å². The molecule has 0 unspecified atom stereocenters. The summed E-state index contributed by atoms with van der Waals surface area (Å²) in [5, 5.41) is 13.2. The Hall–Kier alpha value is -1.74. The first kappa shape index (κ1) is 23.4. The van der Waals surface area contributed by atoms with Crippen LogP contribution in [0.3, 0.4) is 0 Å². The van der Waals surface area contributed by atoms with E-state index in [1.807, 2.05) is 6.07 Å². The molecule has 10 heteroatoms. The Bertz CT molecular complexity index is 1050. The third-order valence-electron chi connectivity index (χ3n) is 6.97. The SMILES string of the molecule is Cl.Cl.Fc1cccc2c(C3CC3)nn(-c3noc(C4CCN(C5CCNCC5)CC4)n3)c12. The molecule has 1 saturated carbocycles. The number of nitrogens with one attached hydrogen (secondary N) is 1. The Morgan fingerprint density at radius 2 is 1.72 bits per heavy atom. The number of rotatable bonds is 4. The molecule has 1 aliphatic carbocycles. The molecule has 2 aliphatic heterocycles. The Morgan fingerprint density at radius 3 is 2.44 bits per heavy atom. The molecule has 2 aromatic heterocycles. The molecule has 3 aromatic rings. The third kappa shape index (κ3) is 4.25. The Balaban J connectivity index is 0.00000122. The van der Waals surface area contributed by atoms with E-state index in [4.69, 9.17) is 9.62 Å². The van der Waals surface area contributed by atoms with Crippen LogP contribution >= 0.6 is 24.8 Å². The molecule has 32 heavy (non-hydrogen) atoms. The maximum absolute atomic E-state index is 14.7. The standard InChI is InChI=1S/C22H27FN6O.2ClH/c23-18-3-1-2-17-19(14-4-5-14)26-29(20(17)18)22-25-21(30-27-22)15-8-12-28(13-9-15)16-6-10-24-11-7-16;;/h1-3,14-16,24H,4-13H2;2*1H. The van der Waals surface area contributed by atoms with Gasteiger partial charge in [-0.1, -0.05) is 12.1 Å². The molecule has 2 saturated heterocycles. The zero-order chi connectivity index (χ0) is 20.1. The number of halogens is 3. The van der Waals surface area contributed by atoms with Gasteiger partial charge >= 0.3 is 0 Å². The number of hydrogen-bond acceptors (Lipinski definition) is 6. The second-order valence-electron chi connectivity index (χ2n) is 8.93. The first-order valence-electron chi connectivity index (χ1n) is 11.2. The van der Waals surface area contributed by atoms with Crippen molar-refractivity contribution in [2.75, 3.05) is 26.2 Å². The highest BCUT2D eigenvalue weighted by atomic mass is 35.5. The summed E-state index contributed by atoms with van der Waals surface area (Å²) in [7, 11) is 0. The maximum atomic E-state index is 14.7. The number of hydrogen-bond donors (Lipinski definition) is 1. The van der Waals surface area contributed by atoms with Gasteiger partial charge in [0.1, 0.15) is 11.3 Å². The summed E-state index contributed by atoms with van der Waals surface area (Å²) >= 11 is 0. The first-order valence-corrected chi connectivity index (χ1v) is 11.2. The van der Waals surface area contributed by atoms with E-state index in [-0.39, 0.29) is 36.5 Å². The zero-order valence-electron chi connectivity index (χ0n) is 17.9. The molecule has 6 rings (SSSR count). The van der Waals surface area contributed by atoms with Crippen LogP contribution in [0.2, 0.25) is 0 Å². The molecular weight excluding hydrogens is 454 g/mol. The van der Waals surface area contributed by atoms with Crippen molar-refractivity contribution in [2.24, 2.45) is 0 Å². The monoisotopic (exact) mass is 482 g/mol. The molecule has 0 radical (unpaired) electrons. The molecule has 3 fully saturated rings. The van der Waals surface area contributed by atoms with Gasteiger partial charge in [0.2, 0.25) is 5.89 Å². The van der Waals surface area contributed by atoms with Gasteiger partial charge in [-0.15, -0.1) is 24.8 Å². The van der Waals surface area contributed by atoms with Crippen LogP contribution in [0.4, 0.5) is 4.39 Å². The zero-order valence-corrected chi connectivity index (χ0v) is 19.5. The van der Waals surface area contributed by atoms with Gasteiger partial charge in [-0.3, -0.25) is 0 Å². The minimum atomic E-state index is -0.298. The molecule has 0 atom stereocenters. The van der Waals surface area contributed by atoms with Gasteiger partial charge in [-0.2, -0.15) is 14.8 Å². The lowest BCUT2D eigenvalue weighted by Gasteiger charge is -2.38. The van der Waals surface area contributed by atoms with Crippen LogP contribution in [0.5, 0.6) is 0 Å². The summed E-state index contributed by atoms with van der Waals surface area (Å²) in [6.45, 7) is 4.38. The Morgan fingerprint density at radius 1 is 0.969 bits per heavy atom. The van der Waals surface area contributed by atoms with Crippen molar-refractivity contribution in [3.8, 4) is 5.95 Å². The highest BCUT2D eigenvalue weighted by molar-refractivity contribution is 5.86. The van der Waals surface area contributed by atoms with Crippen molar-refractivity contribution in [3.63, 3.8) is 0 Å². The summed E-state index contributed by atoms with van der Waals surface area (Å²) in [5.41, 5.74) is 1.40. The average Bonchev–Trinajstić information content (AvgIpc) is 3.38. The number of nitrogens with zero attached hydrogens (tertiary/aromatic N) is 5. The molecule has 0 amide bonds. The number of aromatic nitrogens is 4.